The van der Waals surface area contributed by atoms with E-state index in [-0.39, 0.29) is 34.3 Å². The number of aliphatic hydroxyl groups excluding tert-OH is 2. The maximum absolute atomic E-state index is 12.1. The lowest BCUT2D eigenvalue weighted by atomic mass is 10.2. The average Bonchev–Trinajstić information content (AvgIpc) is 3.08. The lowest BCUT2D eigenvalue weighted by Gasteiger charge is -2.11. The molecule has 10 heteroatoms. The van der Waals surface area contributed by atoms with Gasteiger partial charge in [0.15, 0.2) is 11.2 Å². The van der Waals surface area contributed by atoms with E-state index in [1.807, 2.05) is 14.1 Å². The molecule has 0 aliphatic carbocycles. The van der Waals surface area contributed by atoms with E-state index in [0.29, 0.717) is 12.1 Å². The number of aromatic amines is 1. The molecule has 1 aliphatic heterocycles. The molecule has 0 amide bonds. The minimum Gasteiger partial charge on any atom is -0.395 e. The highest BCUT2D eigenvalue weighted by atomic mass is 32.2. The van der Waals surface area contributed by atoms with E-state index < -0.39 is 6.10 Å². The second-order valence-corrected chi connectivity index (χ2v) is 6.96. The predicted octanol–water partition coefficient (Wildman–Crippen LogP) is -0.302. The van der Waals surface area contributed by atoms with Crippen LogP contribution in [0, 0.1) is 0 Å². The molecular formula is C13H18N6O3S. The minimum absolute atomic E-state index is 0.0959. The summed E-state index contributed by atoms with van der Waals surface area (Å²) in [6, 6.07) is 0. The molecule has 0 aromatic carbocycles. The van der Waals surface area contributed by atoms with Crippen molar-refractivity contribution in [1.29, 1.82) is 0 Å². The second kappa shape index (κ2) is 6.30. The van der Waals surface area contributed by atoms with Gasteiger partial charge < -0.3 is 19.7 Å². The molecular weight excluding hydrogens is 320 g/mol. The van der Waals surface area contributed by atoms with E-state index >= 15 is 0 Å². The second-order valence-electron chi connectivity index (χ2n) is 5.54. The summed E-state index contributed by atoms with van der Waals surface area (Å²) in [5, 5.41) is 18.9. The van der Waals surface area contributed by atoms with Gasteiger partial charge in [-0.25, -0.2) is 9.98 Å². The van der Waals surface area contributed by atoms with Crippen molar-refractivity contribution in [2.45, 2.75) is 23.1 Å². The summed E-state index contributed by atoms with van der Waals surface area (Å²) < 4.78 is 1.75. The number of aromatic nitrogens is 4. The lowest BCUT2D eigenvalue weighted by Crippen LogP contribution is -2.20. The van der Waals surface area contributed by atoms with Gasteiger partial charge in [-0.3, -0.25) is 9.78 Å². The number of imidazole rings is 1. The summed E-state index contributed by atoms with van der Waals surface area (Å²) in [4.78, 5) is 29.0. The fourth-order valence-electron chi connectivity index (χ4n) is 2.41. The third-order valence-electron chi connectivity index (χ3n) is 3.53. The van der Waals surface area contributed by atoms with Crippen molar-refractivity contribution < 1.29 is 10.2 Å². The fraction of sp³-hybridized carbons (Fsp3) is 0.538. The molecule has 23 heavy (non-hydrogen) atoms. The van der Waals surface area contributed by atoms with Gasteiger partial charge in [0.25, 0.3) is 5.56 Å². The van der Waals surface area contributed by atoms with Crippen LogP contribution >= 0.6 is 11.8 Å². The molecule has 0 unspecified atom stereocenters. The number of H-pyrrole nitrogens is 1. The standard InChI is InChI=1S/C13H18N6O3S/c1-18(2)5-15-13-16-11-10(12(22)17-13)14-6-19(11)9-3-7(21)8(4-20)23-9/h5-9,20-21H,3-4H2,1-2H3,(H,16,17,22)/b15-5+/t7-,8+,9+/m0/s1. The van der Waals surface area contributed by atoms with Crippen LogP contribution in [-0.2, 0) is 0 Å². The predicted molar refractivity (Wildman–Crippen MR) is 88.1 cm³/mol. The number of nitrogens with one attached hydrogen (secondary N) is 1. The number of aliphatic hydroxyl groups is 2. The van der Waals surface area contributed by atoms with Crippen LogP contribution in [0.1, 0.15) is 11.8 Å². The first-order chi connectivity index (χ1) is 11.0. The Kier molecular flexibility index (Phi) is 4.37. The summed E-state index contributed by atoms with van der Waals surface area (Å²) in [5.41, 5.74) is 0.293. The Morgan fingerprint density at radius 3 is 3.04 bits per heavy atom. The van der Waals surface area contributed by atoms with Crippen molar-refractivity contribution in [2.75, 3.05) is 20.7 Å². The van der Waals surface area contributed by atoms with Gasteiger partial charge in [0.05, 0.1) is 36.0 Å². The largest absolute Gasteiger partial charge is 0.395 e. The van der Waals surface area contributed by atoms with E-state index in [1.54, 1.807) is 15.8 Å². The van der Waals surface area contributed by atoms with Gasteiger partial charge in [0, 0.05) is 20.5 Å². The van der Waals surface area contributed by atoms with E-state index in [2.05, 4.69) is 19.9 Å². The Hall–Kier alpha value is -1.91. The molecule has 0 saturated carbocycles. The smallest absolute Gasteiger partial charge is 0.280 e. The fourth-order valence-corrected chi connectivity index (χ4v) is 3.78. The highest BCUT2D eigenvalue weighted by molar-refractivity contribution is 8.00. The van der Waals surface area contributed by atoms with Gasteiger partial charge >= 0.3 is 0 Å². The number of hydrogen-bond acceptors (Lipinski definition) is 7. The maximum atomic E-state index is 12.1. The Labute approximate surface area is 136 Å². The number of rotatable bonds is 4. The molecule has 9 nitrogen and oxygen atoms in total. The van der Waals surface area contributed by atoms with Gasteiger partial charge in [-0.2, -0.15) is 4.98 Å². The van der Waals surface area contributed by atoms with Gasteiger partial charge in [-0.15, -0.1) is 11.8 Å². The molecule has 3 N–H and O–H groups in total. The Morgan fingerprint density at radius 1 is 1.61 bits per heavy atom. The van der Waals surface area contributed by atoms with Gasteiger partial charge in [-0.05, 0) is 0 Å². The van der Waals surface area contributed by atoms with Crippen molar-refractivity contribution in [1.82, 2.24) is 24.4 Å². The highest BCUT2D eigenvalue weighted by Gasteiger charge is 2.35. The minimum atomic E-state index is -0.597. The first kappa shape index (κ1) is 16.0. The normalized spacial score (nSPS) is 24.8. The van der Waals surface area contributed by atoms with Crippen molar-refractivity contribution in [3.63, 3.8) is 0 Å². The Balaban J connectivity index is 2.00. The molecule has 1 saturated heterocycles. The molecule has 3 rings (SSSR count). The van der Waals surface area contributed by atoms with E-state index in [9.17, 15) is 15.0 Å². The number of fused-ring (bicyclic) bond motifs is 1. The van der Waals surface area contributed by atoms with E-state index in [0.717, 1.165) is 0 Å². The lowest BCUT2D eigenvalue weighted by molar-refractivity contribution is 0.138. The molecule has 2 aromatic rings. The van der Waals surface area contributed by atoms with Crippen molar-refractivity contribution >= 4 is 35.2 Å². The van der Waals surface area contributed by atoms with Gasteiger partial charge in [-0.1, -0.05) is 0 Å². The third-order valence-corrected chi connectivity index (χ3v) is 5.07. The van der Waals surface area contributed by atoms with E-state index in [1.165, 1.54) is 18.1 Å². The average molecular weight is 338 g/mol. The molecule has 0 spiro atoms. The molecule has 124 valence electrons. The van der Waals surface area contributed by atoms with Crippen LogP contribution in [-0.4, -0.2) is 73.0 Å². The summed E-state index contributed by atoms with van der Waals surface area (Å²) >= 11 is 1.45. The Morgan fingerprint density at radius 2 is 2.39 bits per heavy atom. The summed E-state index contributed by atoms with van der Waals surface area (Å²) in [6.07, 6.45) is 2.95. The molecule has 0 radical (unpaired) electrons. The molecule has 3 atom stereocenters. The van der Waals surface area contributed by atoms with Crippen LogP contribution < -0.4 is 5.56 Å². The zero-order chi connectivity index (χ0) is 16.6. The monoisotopic (exact) mass is 338 g/mol. The van der Waals surface area contributed by atoms with Crippen LogP contribution in [0.25, 0.3) is 11.2 Å². The zero-order valence-corrected chi connectivity index (χ0v) is 13.6. The van der Waals surface area contributed by atoms with Crippen LogP contribution in [0.4, 0.5) is 5.95 Å². The highest BCUT2D eigenvalue weighted by Crippen LogP contribution is 2.42. The number of hydrogen-bond donors (Lipinski definition) is 3. The van der Waals surface area contributed by atoms with Gasteiger partial charge in [0.1, 0.15) is 0 Å². The molecule has 1 fully saturated rings. The van der Waals surface area contributed by atoms with Crippen LogP contribution in [0.15, 0.2) is 16.1 Å². The van der Waals surface area contributed by atoms with Crippen LogP contribution in [0.2, 0.25) is 0 Å². The number of thioether (sulfide) groups is 1. The number of nitrogens with zero attached hydrogens (tertiary/aromatic N) is 5. The summed E-state index contributed by atoms with van der Waals surface area (Å²) in [6.45, 7) is -0.0959. The van der Waals surface area contributed by atoms with Crippen LogP contribution in [0.3, 0.4) is 0 Å². The maximum Gasteiger partial charge on any atom is 0.280 e. The van der Waals surface area contributed by atoms with Crippen molar-refractivity contribution in [2.24, 2.45) is 4.99 Å². The molecule has 1 aliphatic rings. The Bertz CT molecular complexity index is 786. The molecule has 0 bridgehead atoms. The van der Waals surface area contributed by atoms with Crippen molar-refractivity contribution in [3.8, 4) is 0 Å². The first-order valence-corrected chi connectivity index (χ1v) is 8.05. The zero-order valence-electron chi connectivity index (χ0n) is 12.7. The number of aliphatic imine (C=N–C) groups is 1. The molecule has 2 aromatic heterocycles. The van der Waals surface area contributed by atoms with E-state index in [4.69, 9.17) is 0 Å². The topological polar surface area (TPSA) is 120 Å². The van der Waals surface area contributed by atoms with Gasteiger partial charge in [0.2, 0.25) is 5.95 Å². The first-order valence-electron chi connectivity index (χ1n) is 7.11. The molecule has 3 heterocycles. The SMILES string of the molecule is CN(C)/C=N/c1nc2c(ncn2[C@H]2C[C@H](O)[C@@H](CO)S2)c(=O)[nH]1. The summed E-state index contributed by atoms with van der Waals surface area (Å²) in [7, 11) is 3.63. The third kappa shape index (κ3) is 3.09. The quantitative estimate of drug-likeness (QED) is 0.517. The van der Waals surface area contributed by atoms with Crippen LogP contribution in [0.5, 0.6) is 0 Å². The van der Waals surface area contributed by atoms with Crippen molar-refractivity contribution in [3.05, 3.63) is 16.7 Å². The summed E-state index contributed by atoms with van der Waals surface area (Å²) in [5.74, 6) is 0.195.